The maximum Gasteiger partial charge on any atom is 0.131 e. The van der Waals surface area contributed by atoms with Gasteiger partial charge in [-0.2, -0.15) is 0 Å². The van der Waals surface area contributed by atoms with E-state index >= 15 is 0 Å². The van der Waals surface area contributed by atoms with Crippen LogP contribution < -0.4 is 0 Å². The lowest BCUT2D eigenvalue weighted by atomic mass is 9.84. The first-order chi connectivity index (χ1) is 7.96. The van der Waals surface area contributed by atoms with Gasteiger partial charge < -0.3 is 0 Å². The van der Waals surface area contributed by atoms with Gasteiger partial charge in [0.15, 0.2) is 0 Å². The monoisotopic (exact) mass is 266 g/mol. The number of halogens is 2. The Morgan fingerprint density at radius 1 is 1.00 bits per heavy atom. The molecule has 0 radical (unpaired) electrons. The Kier molecular flexibility index (Phi) is 1.70. The molecule has 0 amide bonds. The van der Waals surface area contributed by atoms with Crippen LogP contribution in [0.2, 0.25) is 0 Å². The molecule has 0 aromatic heterocycles. The molecule has 0 saturated heterocycles. The SMILES string of the molecule is CC1(C)C(Cl)(Cl)C12C1CCC2c2ccccc21. The molecular formula is C15H16Cl2. The first-order valence-corrected chi connectivity index (χ1v) is 7.18. The first-order valence-electron chi connectivity index (χ1n) is 6.43. The van der Waals surface area contributed by atoms with Gasteiger partial charge in [-0.1, -0.05) is 38.1 Å². The Balaban J connectivity index is 1.97. The highest BCUT2D eigenvalue weighted by Gasteiger charge is 2.89. The Bertz CT molecular complexity index is 468. The smallest absolute Gasteiger partial charge is 0.100 e. The zero-order chi connectivity index (χ0) is 12.1. The van der Waals surface area contributed by atoms with Crippen LogP contribution in [-0.2, 0) is 0 Å². The van der Waals surface area contributed by atoms with Crippen LogP contribution in [0, 0.1) is 10.8 Å². The Morgan fingerprint density at radius 2 is 1.41 bits per heavy atom. The molecule has 2 heteroatoms. The third-order valence-corrected chi connectivity index (χ3v) is 7.44. The number of rotatable bonds is 0. The topological polar surface area (TPSA) is 0 Å². The van der Waals surface area contributed by atoms with Crippen LogP contribution in [0.1, 0.15) is 49.7 Å². The lowest BCUT2D eigenvalue weighted by Gasteiger charge is -2.19. The van der Waals surface area contributed by atoms with E-state index in [0.29, 0.717) is 11.8 Å². The largest absolute Gasteiger partial charge is 0.131 e. The average Bonchev–Trinajstić information content (AvgIpc) is 2.70. The Morgan fingerprint density at radius 3 is 1.76 bits per heavy atom. The van der Waals surface area contributed by atoms with Gasteiger partial charge in [-0.15, -0.1) is 23.2 Å². The van der Waals surface area contributed by atoms with Crippen molar-refractivity contribution in [2.75, 3.05) is 0 Å². The van der Waals surface area contributed by atoms with Gasteiger partial charge in [0.2, 0.25) is 0 Å². The predicted octanol–water partition coefficient (Wildman–Crippen LogP) is 4.86. The molecule has 2 saturated carbocycles. The molecule has 3 aliphatic carbocycles. The number of fused-ring (bicyclic) bond motifs is 3. The van der Waals surface area contributed by atoms with Gasteiger partial charge in [0, 0.05) is 10.8 Å². The molecule has 2 atom stereocenters. The summed E-state index contributed by atoms with van der Waals surface area (Å²) in [6.45, 7) is 4.48. The molecule has 2 fully saturated rings. The second kappa shape index (κ2) is 2.70. The van der Waals surface area contributed by atoms with Crippen molar-refractivity contribution < 1.29 is 0 Å². The molecule has 90 valence electrons. The molecule has 17 heavy (non-hydrogen) atoms. The van der Waals surface area contributed by atoms with Gasteiger partial charge in [-0.05, 0) is 35.8 Å². The van der Waals surface area contributed by atoms with E-state index in [2.05, 4.69) is 38.1 Å². The highest BCUT2D eigenvalue weighted by molar-refractivity contribution is 6.52. The third-order valence-electron chi connectivity index (χ3n) is 5.87. The van der Waals surface area contributed by atoms with Crippen molar-refractivity contribution in [2.24, 2.45) is 10.8 Å². The van der Waals surface area contributed by atoms with Crippen LogP contribution in [0.15, 0.2) is 24.3 Å². The summed E-state index contributed by atoms with van der Waals surface area (Å²) in [5.41, 5.74) is 3.17. The molecule has 2 bridgehead atoms. The van der Waals surface area contributed by atoms with Gasteiger partial charge in [0.05, 0.1) is 0 Å². The predicted molar refractivity (Wildman–Crippen MR) is 71.8 cm³/mol. The Labute approximate surface area is 112 Å². The average molecular weight is 267 g/mol. The minimum absolute atomic E-state index is 0.0357. The fourth-order valence-electron chi connectivity index (χ4n) is 5.12. The summed E-state index contributed by atoms with van der Waals surface area (Å²) in [7, 11) is 0. The molecular weight excluding hydrogens is 251 g/mol. The van der Waals surface area contributed by atoms with E-state index in [1.54, 1.807) is 0 Å². The molecule has 4 rings (SSSR count). The van der Waals surface area contributed by atoms with Crippen LogP contribution in [0.5, 0.6) is 0 Å². The van der Waals surface area contributed by atoms with E-state index in [9.17, 15) is 0 Å². The van der Waals surface area contributed by atoms with Crippen molar-refractivity contribution >= 4 is 23.2 Å². The fourth-order valence-corrected chi connectivity index (χ4v) is 6.34. The summed E-state index contributed by atoms with van der Waals surface area (Å²) in [6.07, 6.45) is 2.51. The molecule has 0 nitrogen and oxygen atoms in total. The van der Waals surface area contributed by atoms with E-state index in [-0.39, 0.29) is 10.8 Å². The van der Waals surface area contributed by atoms with Crippen molar-refractivity contribution in [2.45, 2.75) is 42.9 Å². The zero-order valence-electron chi connectivity index (χ0n) is 10.1. The summed E-state index contributed by atoms with van der Waals surface area (Å²) < 4.78 is -0.551. The number of hydrogen-bond acceptors (Lipinski definition) is 0. The van der Waals surface area contributed by atoms with Crippen molar-refractivity contribution in [3.05, 3.63) is 35.4 Å². The molecule has 1 spiro atoms. The molecule has 0 aliphatic heterocycles. The zero-order valence-corrected chi connectivity index (χ0v) is 11.6. The van der Waals surface area contributed by atoms with Gasteiger partial charge >= 0.3 is 0 Å². The minimum atomic E-state index is -0.551. The van der Waals surface area contributed by atoms with E-state index in [1.807, 2.05) is 0 Å². The minimum Gasteiger partial charge on any atom is -0.100 e. The summed E-state index contributed by atoms with van der Waals surface area (Å²) in [5.74, 6) is 1.15. The number of hydrogen-bond donors (Lipinski definition) is 0. The van der Waals surface area contributed by atoms with Crippen LogP contribution in [0.4, 0.5) is 0 Å². The van der Waals surface area contributed by atoms with E-state index < -0.39 is 4.33 Å². The van der Waals surface area contributed by atoms with Crippen LogP contribution in [0.25, 0.3) is 0 Å². The van der Waals surface area contributed by atoms with E-state index in [4.69, 9.17) is 23.2 Å². The molecule has 2 unspecified atom stereocenters. The van der Waals surface area contributed by atoms with Gasteiger partial charge in [0.25, 0.3) is 0 Å². The van der Waals surface area contributed by atoms with Crippen molar-refractivity contribution in [1.29, 1.82) is 0 Å². The molecule has 3 aliphatic rings. The van der Waals surface area contributed by atoms with Gasteiger partial charge in [0.1, 0.15) is 4.33 Å². The summed E-state index contributed by atoms with van der Waals surface area (Å²) in [5, 5.41) is 0. The fraction of sp³-hybridized carbons (Fsp3) is 0.600. The van der Waals surface area contributed by atoms with Crippen LogP contribution in [-0.4, -0.2) is 4.33 Å². The first kappa shape index (κ1) is 10.7. The maximum atomic E-state index is 6.68. The standard InChI is InChI=1S/C15H16Cl2/c1-13(2)14(15(13,16)17)11-7-8-12(14)10-6-4-3-5-9(10)11/h3-6,11-12H,7-8H2,1-2H3. The van der Waals surface area contributed by atoms with Crippen molar-refractivity contribution in [3.8, 4) is 0 Å². The third kappa shape index (κ3) is 0.814. The quantitative estimate of drug-likeness (QED) is 0.589. The van der Waals surface area contributed by atoms with E-state index in [1.165, 1.54) is 24.0 Å². The number of alkyl halides is 2. The second-order valence-electron chi connectivity index (χ2n) is 6.38. The second-order valence-corrected chi connectivity index (χ2v) is 7.71. The lowest BCUT2D eigenvalue weighted by molar-refractivity contribution is 0.346. The molecule has 1 aromatic rings. The van der Waals surface area contributed by atoms with Gasteiger partial charge in [-0.25, -0.2) is 0 Å². The van der Waals surface area contributed by atoms with E-state index in [0.717, 1.165) is 0 Å². The molecule has 0 N–H and O–H groups in total. The normalized spacial score (nSPS) is 42.8. The highest BCUT2D eigenvalue weighted by Crippen LogP contribution is 2.91. The van der Waals surface area contributed by atoms with Crippen molar-refractivity contribution in [1.82, 2.24) is 0 Å². The lowest BCUT2D eigenvalue weighted by Crippen LogP contribution is -2.14. The number of benzene rings is 1. The summed E-state index contributed by atoms with van der Waals surface area (Å²) in [6, 6.07) is 8.85. The summed E-state index contributed by atoms with van der Waals surface area (Å²) in [4.78, 5) is 0. The van der Waals surface area contributed by atoms with Crippen molar-refractivity contribution in [3.63, 3.8) is 0 Å². The van der Waals surface area contributed by atoms with Crippen LogP contribution in [0.3, 0.4) is 0 Å². The molecule has 1 aromatic carbocycles. The Hall–Kier alpha value is -0.200. The highest BCUT2D eigenvalue weighted by atomic mass is 35.5. The molecule has 0 heterocycles. The van der Waals surface area contributed by atoms with Crippen LogP contribution >= 0.6 is 23.2 Å². The summed E-state index contributed by atoms with van der Waals surface area (Å²) >= 11 is 13.4. The van der Waals surface area contributed by atoms with Gasteiger partial charge in [-0.3, -0.25) is 0 Å². The maximum absolute atomic E-state index is 6.68.